The maximum atomic E-state index is 5.44. The van der Waals surface area contributed by atoms with E-state index in [9.17, 15) is 0 Å². The summed E-state index contributed by atoms with van der Waals surface area (Å²) in [7, 11) is 0. The zero-order valence-electron chi connectivity index (χ0n) is 8.27. The number of nitrogens with zero attached hydrogens (tertiary/aromatic N) is 3. The van der Waals surface area contributed by atoms with Crippen molar-refractivity contribution in [3.05, 3.63) is 29.7 Å². The van der Waals surface area contributed by atoms with E-state index in [4.69, 9.17) is 5.73 Å². The number of rotatable bonds is 3. The first kappa shape index (κ1) is 9.15. The molecule has 0 fully saturated rings. The smallest absolute Gasteiger partial charge is 0.155 e. The first-order valence-corrected chi connectivity index (χ1v) is 4.82. The minimum Gasteiger partial charge on any atom is -0.330 e. The molecular weight excluding hydrogens is 176 g/mol. The van der Waals surface area contributed by atoms with E-state index < -0.39 is 0 Å². The zero-order valence-corrected chi connectivity index (χ0v) is 8.27. The molecule has 0 radical (unpaired) electrons. The van der Waals surface area contributed by atoms with Crippen molar-refractivity contribution in [2.24, 2.45) is 5.73 Å². The Morgan fingerprint density at radius 2 is 2.29 bits per heavy atom. The molecular formula is C10H14N4. The fraction of sp³-hybridized carbons (Fsp3) is 0.400. The summed E-state index contributed by atoms with van der Waals surface area (Å²) in [5.74, 6) is 0.879. The van der Waals surface area contributed by atoms with E-state index in [1.807, 2.05) is 29.6 Å². The number of hydrogen-bond donors (Lipinski definition) is 1. The number of aromatic nitrogens is 3. The van der Waals surface area contributed by atoms with Crippen LogP contribution in [-0.4, -0.2) is 21.1 Å². The summed E-state index contributed by atoms with van der Waals surface area (Å²) in [4.78, 5) is 4.41. The summed E-state index contributed by atoms with van der Waals surface area (Å²) in [5.41, 5.74) is 7.46. The summed E-state index contributed by atoms with van der Waals surface area (Å²) in [6.07, 6.45) is 1.80. The van der Waals surface area contributed by atoms with Gasteiger partial charge in [-0.2, -0.15) is 5.10 Å². The lowest BCUT2D eigenvalue weighted by molar-refractivity contribution is 0.769. The van der Waals surface area contributed by atoms with Crippen molar-refractivity contribution in [3.8, 4) is 0 Å². The molecule has 0 aliphatic carbocycles. The Morgan fingerprint density at radius 1 is 1.43 bits per heavy atom. The van der Waals surface area contributed by atoms with E-state index in [0.717, 1.165) is 30.0 Å². The van der Waals surface area contributed by atoms with Crippen LogP contribution in [0.2, 0.25) is 0 Å². The molecule has 0 aliphatic heterocycles. The fourth-order valence-corrected chi connectivity index (χ4v) is 1.45. The highest BCUT2D eigenvalue weighted by molar-refractivity contribution is 5.38. The Balaban J connectivity index is 2.36. The molecule has 0 aromatic carbocycles. The van der Waals surface area contributed by atoms with Crippen molar-refractivity contribution >= 4 is 5.65 Å². The second kappa shape index (κ2) is 3.75. The molecule has 0 saturated carbocycles. The molecule has 2 heterocycles. The topological polar surface area (TPSA) is 56.2 Å². The molecule has 2 rings (SSSR count). The summed E-state index contributed by atoms with van der Waals surface area (Å²) < 4.78 is 1.87. The monoisotopic (exact) mass is 190 g/mol. The molecule has 4 nitrogen and oxygen atoms in total. The highest BCUT2D eigenvalue weighted by atomic mass is 15.3. The molecule has 4 heteroatoms. The first-order valence-electron chi connectivity index (χ1n) is 4.82. The largest absolute Gasteiger partial charge is 0.330 e. The van der Waals surface area contributed by atoms with Crippen LogP contribution in [0.5, 0.6) is 0 Å². The van der Waals surface area contributed by atoms with Crippen LogP contribution in [0.25, 0.3) is 5.65 Å². The van der Waals surface area contributed by atoms with Crippen molar-refractivity contribution in [1.29, 1.82) is 0 Å². The molecule has 14 heavy (non-hydrogen) atoms. The molecule has 2 aromatic rings. The van der Waals surface area contributed by atoms with Crippen LogP contribution in [0.1, 0.15) is 17.9 Å². The number of hydrogen-bond acceptors (Lipinski definition) is 3. The average molecular weight is 190 g/mol. The van der Waals surface area contributed by atoms with Gasteiger partial charge < -0.3 is 5.73 Å². The highest BCUT2D eigenvalue weighted by Gasteiger charge is 2.03. The molecule has 0 bridgehead atoms. The van der Waals surface area contributed by atoms with Gasteiger partial charge in [-0.15, -0.1) is 0 Å². The van der Waals surface area contributed by atoms with Gasteiger partial charge in [0.2, 0.25) is 0 Å². The quantitative estimate of drug-likeness (QED) is 0.783. The van der Waals surface area contributed by atoms with Gasteiger partial charge in [0.25, 0.3) is 0 Å². The van der Waals surface area contributed by atoms with Gasteiger partial charge in [-0.05, 0) is 32.0 Å². The third-order valence-corrected chi connectivity index (χ3v) is 2.20. The second-order valence-corrected chi connectivity index (χ2v) is 3.36. The lowest BCUT2D eigenvalue weighted by atomic mass is 10.3. The summed E-state index contributed by atoms with van der Waals surface area (Å²) in [6.45, 7) is 2.71. The lowest BCUT2D eigenvalue weighted by Crippen LogP contribution is -2.01. The van der Waals surface area contributed by atoms with Crippen molar-refractivity contribution < 1.29 is 0 Å². The molecule has 0 unspecified atom stereocenters. The van der Waals surface area contributed by atoms with Crippen molar-refractivity contribution in [2.75, 3.05) is 6.54 Å². The van der Waals surface area contributed by atoms with E-state index >= 15 is 0 Å². The van der Waals surface area contributed by atoms with Crippen LogP contribution in [-0.2, 0) is 6.42 Å². The van der Waals surface area contributed by atoms with Crippen molar-refractivity contribution in [3.63, 3.8) is 0 Å². The van der Waals surface area contributed by atoms with Crippen LogP contribution >= 0.6 is 0 Å². The SMILES string of the molecule is Cc1cccc2nc(CCCN)nn12. The Labute approximate surface area is 82.8 Å². The van der Waals surface area contributed by atoms with E-state index in [0.29, 0.717) is 6.54 Å². The third kappa shape index (κ3) is 1.61. The molecule has 0 saturated heterocycles. The lowest BCUT2D eigenvalue weighted by Gasteiger charge is -1.94. The minimum absolute atomic E-state index is 0.689. The zero-order chi connectivity index (χ0) is 9.97. The maximum Gasteiger partial charge on any atom is 0.155 e. The highest BCUT2D eigenvalue weighted by Crippen LogP contribution is 2.05. The second-order valence-electron chi connectivity index (χ2n) is 3.36. The van der Waals surface area contributed by atoms with Gasteiger partial charge in [-0.1, -0.05) is 6.07 Å². The van der Waals surface area contributed by atoms with Gasteiger partial charge in [-0.3, -0.25) is 0 Å². The van der Waals surface area contributed by atoms with Crippen LogP contribution in [0.4, 0.5) is 0 Å². The number of fused-ring (bicyclic) bond motifs is 1. The van der Waals surface area contributed by atoms with Crippen LogP contribution < -0.4 is 5.73 Å². The van der Waals surface area contributed by atoms with Gasteiger partial charge in [-0.25, -0.2) is 9.50 Å². The summed E-state index contributed by atoms with van der Waals surface area (Å²) in [5, 5.41) is 4.40. The molecule has 2 aromatic heterocycles. The number of pyridine rings is 1. The number of nitrogens with two attached hydrogens (primary N) is 1. The van der Waals surface area contributed by atoms with E-state index in [2.05, 4.69) is 10.1 Å². The van der Waals surface area contributed by atoms with Gasteiger partial charge >= 0.3 is 0 Å². The maximum absolute atomic E-state index is 5.44. The molecule has 2 N–H and O–H groups in total. The molecule has 0 spiro atoms. The summed E-state index contributed by atoms with van der Waals surface area (Å²) in [6, 6.07) is 5.98. The Bertz CT molecular complexity index is 433. The van der Waals surface area contributed by atoms with E-state index in [1.54, 1.807) is 0 Å². The summed E-state index contributed by atoms with van der Waals surface area (Å²) >= 11 is 0. The average Bonchev–Trinajstić information content (AvgIpc) is 2.59. The Morgan fingerprint density at radius 3 is 3.00 bits per heavy atom. The predicted molar refractivity (Wildman–Crippen MR) is 55.1 cm³/mol. The van der Waals surface area contributed by atoms with E-state index in [1.165, 1.54) is 0 Å². The first-order chi connectivity index (χ1) is 6.81. The Kier molecular flexibility index (Phi) is 2.45. The van der Waals surface area contributed by atoms with Gasteiger partial charge in [0.1, 0.15) is 0 Å². The number of aryl methyl sites for hydroxylation is 2. The van der Waals surface area contributed by atoms with Crippen molar-refractivity contribution in [2.45, 2.75) is 19.8 Å². The Hall–Kier alpha value is -1.42. The molecule has 0 aliphatic rings. The van der Waals surface area contributed by atoms with E-state index in [-0.39, 0.29) is 0 Å². The van der Waals surface area contributed by atoms with Crippen LogP contribution in [0, 0.1) is 6.92 Å². The standard InChI is InChI=1S/C10H14N4/c1-8-4-2-6-10-12-9(5-3-7-11)13-14(8)10/h2,4,6H,3,5,7,11H2,1H3. The molecule has 0 amide bonds. The minimum atomic E-state index is 0.689. The predicted octanol–water partition coefficient (Wildman–Crippen LogP) is 0.929. The molecule has 0 atom stereocenters. The normalized spacial score (nSPS) is 11.0. The molecule has 74 valence electrons. The van der Waals surface area contributed by atoms with Gasteiger partial charge in [0.15, 0.2) is 11.5 Å². The van der Waals surface area contributed by atoms with Crippen LogP contribution in [0.15, 0.2) is 18.2 Å². The van der Waals surface area contributed by atoms with Gasteiger partial charge in [0.05, 0.1) is 0 Å². The third-order valence-electron chi connectivity index (χ3n) is 2.20. The van der Waals surface area contributed by atoms with Gasteiger partial charge in [0, 0.05) is 12.1 Å². The fourth-order valence-electron chi connectivity index (χ4n) is 1.45. The van der Waals surface area contributed by atoms with Crippen molar-refractivity contribution in [1.82, 2.24) is 14.6 Å². The van der Waals surface area contributed by atoms with Crippen LogP contribution in [0.3, 0.4) is 0 Å².